The van der Waals surface area contributed by atoms with Crippen LogP contribution in [0.5, 0.6) is 92.0 Å². The predicted octanol–water partition coefficient (Wildman–Crippen LogP) is 19.1. The average molecular weight is 1550 g/mol. The molecule has 608 valence electrons. The maximum Gasteiger partial charge on any atom is 0.126 e. The van der Waals surface area contributed by atoms with E-state index in [1.165, 1.54) is 55.4 Å². The standard InChI is InChI=1S/C80H96O16.4C3H6O/c1-9-17-89-73-49-25-51-35-66(82)37-53(74(51)90-18-10-2)27-55-39-68(84)41-57(76(55)92-20-12-4)29-59-43-70(86)45-61(78(59)94-22-14-6)31-63-47-72(88)48-64(80(63)96-24-16-8)32-62-46-71(87)44-60(79(62)95-23-15-7)30-58-42-69(85)40-56(77(58)93-21-13-5)28-54-38-67(83)36-52(75(54)91-19-11-3)26-50(73)34-65(81)33-49;4*1-3(2)4/h33-48,81-88H,9-32H2,1-8H3;4*1-2H3. The third kappa shape index (κ3) is 29.2. The van der Waals surface area contributed by atoms with Crippen LogP contribution in [0.15, 0.2) is 97.1 Å². The number of benzene rings is 8. The lowest BCUT2D eigenvalue weighted by Gasteiger charge is -2.23. The fourth-order valence-electron chi connectivity index (χ4n) is 12.7. The highest BCUT2D eigenvalue weighted by atomic mass is 16.5. The summed E-state index contributed by atoms with van der Waals surface area (Å²) in [7, 11) is 0. The largest absolute Gasteiger partial charge is 0.508 e. The van der Waals surface area contributed by atoms with E-state index in [2.05, 4.69) is 0 Å². The molecule has 16 bridgehead atoms. The molecule has 1 aliphatic carbocycles. The number of phenolic OH excluding ortho intramolecular Hbond substituents is 8. The van der Waals surface area contributed by atoms with Crippen molar-refractivity contribution >= 4 is 23.1 Å². The number of ketones is 4. The Labute approximate surface area is 662 Å². The summed E-state index contributed by atoms with van der Waals surface area (Å²) in [5.41, 5.74) is 9.75. The SMILES string of the molecule is CC(C)=O.CC(C)=O.CC(C)=O.CC(C)=O.CCCOc1c2cc(O)cc1Cc1cc(O)cc(c1OCCC)Cc1cc(O)cc(c1OCCC)Cc1cc(O)cc(c1OCCC)Cc1cc(O)cc(c1OCCC)Cc1cc(O)cc(c1OCCC)Cc1cc(O)cc(c1OCCC)Cc1cc(O)cc(c1OCCC)C2. The second-order valence-electron chi connectivity index (χ2n) is 28.6. The van der Waals surface area contributed by atoms with E-state index in [4.69, 9.17) is 37.9 Å². The lowest BCUT2D eigenvalue weighted by molar-refractivity contribution is -0.115. The van der Waals surface area contributed by atoms with Gasteiger partial charge in [-0.15, -0.1) is 0 Å². The average Bonchev–Trinajstić information content (AvgIpc) is 0.787. The molecule has 9 rings (SSSR count). The Morgan fingerprint density at radius 3 is 0.330 bits per heavy atom. The normalized spacial score (nSPS) is 11.6. The van der Waals surface area contributed by atoms with Crippen molar-refractivity contribution in [1.29, 1.82) is 0 Å². The molecule has 0 amide bonds. The van der Waals surface area contributed by atoms with Crippen molar-refractivity contribution in [1.82, 2.24) is 0 Å². The van der Waals surface area contributed by atoms with Crippen LogP contribution in [0, 0.1) is 0 Å². The number of carbonyl (C=O) groups excluding carboxylic acids is 4. The van der Waals surface area contributed by atoms with Crippen LogP contribution in [-0.2, 0) is 70.5 Å². The first-order valence-electron chi connectivity index (χ1n) is 39.1. The molecule has 112 heavy (non-hydrogen) atoms. The van der Waals surface area contributed by atoms with Crippen molar-refractivity contribution in [2.24, 2.45) is 0 Å². The zero-order chi connectivity index (χ0) is 82.7. The van der Waals surface area contributed by atoms with Crippen molar-refractivity contribution in [3.8, 4) is 92.0 Å². The fraction of sp³-hybridized carbons (Fsp3) is 0.435. The minimum Gasteiger partial charge on any atom is -0.508 e. The summed E-state index contributed by atoms with van der Waals surface area (Å²) in [6.07, 6.45) is 6.46. The van der Waals surface area contributed by atoms with Gasteiger partial charge in [-0.05, 0) is 204 Å². The van der Waals surface area contributed by atoms with Crippen LogP contribution in [0.2, 0.25) is 0 Å². The summed E-state index contributed by atoms with van der Waals surface area (Å²) in [6, 6.07) is 26.6. The van der Waals surface area contributed by atoms with Crippen LogP contribution >= 0.6 is 0 Å². The van der Waals surface area contributed by atoms with Crippen molar-refractivity contribution in [2.45, 2.75) is 214 Å². The van der Waals surface area contributed by atoms with E-state index >= 15 is 0 Å². The Balaban J connectivity index is 0.00000128. The molecule has 8 aromatic rings. The molecule has 20 nitrogen and oxygen atoms in total. The number of aromatic hydroxyl groups is 8. The number of phenols is 8. The van der Waals surface area contributed by atoms with Gasteiger partial charge in [0.1, 0.15) is 115 Å². The highest BCUT2D eigenvalue weighted by Crippen LogP contribution is 2.46. The first-order chi connectivity index (χ1) is 53.4. The molecule has 0 fully saturated rings. The van der Waals surface area contributed by atoms with Crippen LogP contribution in [0.4, 0.5) is 0 Å². The third-order valence-corrected chi connectivity index (χ3v) is 16.5. The summed E-state index contributed by atoms with van der Waals surface area (Å²) in [5.74, 6) is 4.42. The van der Waals surface area contributed by atoms with E-state index in [0.717, 1.165) is 0 Å². The monoisotopic (exact) mass is 1540 g/mol. The van der Waals surface area contributed by atoms with Gasteiger partial charge in [0, 0.05) is 140 Å². The molecule has 0 unspecified atom stereocenters. The second kappa shape index (κ2) is 46.8. The molecule has 0 saturated heterocycles. The van der Waals surface area contributed by atoms with E-state index in [-0.39, 0.29) is 120 Å². The smallest absolute Gasteiger partial charge is 0.126 e. The molecule has 0 aliphatic heterocycles. The maximum absolute atomic E-state index is 11.8. The lowest BCUT2D eigenvalue weighted by Crippen LogP contribution is -2.10. The highest BCUT2D eigenvalue weighted by molar-refractivity contribution is 5.73. The van der Waals surface area contributed by atoms with Gasteiger partial charge in [0.05, 0.1) is 52.9 Å². The molecule has 0 saturated carbocycles. The van der Waals surface area contributed by atoms with Crippen LogP contribution < -0.4 is 37.9 Å². The molecule has 0 atom stereocenters. The maximum atomic E-state index is 11.8. The number of Topliss-reactive ketones (excluding diaryl/α,β-unsaturated/α-hetero) is 4. The van der Waals surface area contributed by atoms with Gasteiger partial charge in [-0.1, -0.05) is 55.4 Å². The second-order valence-corrected chi connectivity index (χ2v) is 28.6. The van der Waals surface area contributed by atoms with Gasteiger partial charge in [0.15, 0.2) is 0 Å². The van der Waals surface area contributed by atoms with Gasteiger partial charge in [-0.3, -0.25) is 0 Å². The van der Waals surface area contributed by atoms with E-state index in [0.29, 0.717) is 239 Å². The first-order valence-corrected chi connectivity index (χ1v) is 39.1. The Kier molecular flexibility index (Phi) is 38.4. The molecule has 0 radical (unpaired) electrons. The van der Waals surface area contributed by atoms with Crippen LogP contribution in [0.25, 0.3) is 0 Å². The predicted molar refractivity (Wildman–Crippen MR) is 439 cm³/mol. The molecule has 1 aliphatic rings. The van der Waals surface area contributed by atoms with Crippen LogP contribution in [0.1, 0.15) is 251 Å². The van der Waals surface area contributed by atoms with Gasteiger partial charge in [-0.25, -0.2) is 0 Å². The topological polar surface area (TPSA) is 304 Å². The summed E-state index contributed by atoms with van der Waals surface area (Å²) >= 11 is 0. The molecule has 0 aromatic heterocycles. The summed E-state index contributed by atoms with van der Waals surface area (Å²) in [6.45, 7) is 31.0. The molecule has 0 spiro atoms. The quantitative estimate of drug-likeness (QED) is 0.0279. The van der Waals surface area contributed by atoms with Gasteiger partial charge in [-0.2, -0.15) is 0 Å². The lowest BCUT2D eigenvalue weighted by atomic mass is 9.90. The summed E-state index contributed by atoms with van der Waals surface area (Å²) in [5, 5.41) is 94.4. The Bertz CT molecular complexity index is 3400. The Hall–Kier alpha value is -10.8. The third-order valence-electron chi connectivity index (χ3n) is 16.5. The molecular formula is C92H120O20. The Morgan fingerprint density at radius 1 is 0.196 bits per heavy atom. The molecule has 8 N–H and O–H groups in total. The van der Waals surface area contributed by atoms with Gasteiger partial charge < -0.3 is 97.9 Å². The molecular weight excluding hydrogens is 1420 g/mol. The van der Waals surface area contributed by atoms with Crippen molar-refractivity contribution in [2.75, 3.05) is 52.9 Å². The molecule has 0 heterocycles. The van der Waals surface area contributed by atoms with Crippen LogP contribution in [-0.4, -0.2) is 117 Å². The molecule has 20 heteroatoms. The zero-order valence-electron chi connectivity index (χ0n) is 68.7. The van der Waals surface area contributed by atoms with E-state index < -0.39 is 0 Å². The summed E-state index contributed by atoms with van der Waals surface area (Å²) < 4.78 is 53.6. The minimum absolute atomic E-state index is 0.0352. The van der Waals surface area contributed by atoms with Gasteiger partial charge >= 0.3 is 0 Å². The van der Waals surface area contributed by atoms with E-state index in [9.17, 15) is 60.0 Å². The van der Waals surface area contributed by atoms with E-state index in [1.807, 2.05) is 55.4 Å². The number of hydrogen-bond donors (Lipinski definition) is 8. The number of fused-ring (bicyclic) bond motifs is 16. The Morgan fingerprint density at radius 2 is 0.268 bits per heavy atom. The summed E-state index contributed by atoms with van der Waals surface area (Å²) in [4.78, 5) is 37.8. The number of ether oxygens (including phenoxy) is 8. The van der Waals surface area contributed by atoms with E-state index in [1.54, 1.807) is 97.1 Å². The first kappa shape index (κ1) is 91.8. The highest BCUT2D eigenvalue weighted by Gasteiger charge is 2.28. The minimum atomic E-state index is -0.0352. The van der Waals surface area contributed by atoms with Crippen molar-refractivity contribution < 1.29 is 97.9 Å². The van der Waals surface area contributed by atoms with Crippen molar-refractivity contribution in [3.05, 3.63) is 186 Å². The number of hydrogen-bond acceptors (Lipinski definition) is 20. The fourth-order valence-corrected chi connectivity index (χ4v) is 12.7. The van der Waals surface area contributed by atoms with Gasteiger partial charge in [0.25, 0.3) is 0 Å². The van der Waals surface area contributed by atoms with Crippen LogP contribution in [0.3, 0.4) is 0 Å². The molecule has 8 aromatic carbocycles. The zero-order valence-corrected chi connectivity index (χ0v) is 68.7. The van der Waals surface area contributed by atoms with Crippen molar-refractivity contribution in [3.63, 3.8) is 0 Å². The number of rotatable bonds is 24. The van der Waals surface area contributed by atoms with Gasteiger partial charge in [0.2, 0.25) is 0 Å². The number of carbonyl (C=O) groups is 4.